The summed E-state index contributed by atoms with van der Waals surface area (Å²) in [6.45, 7) is 2.69. The molecule has 2 aromatic rings. The summed E-state index contributed by atoms with van der Waals surface area (Å²) in [5.41, 5.74) is 9.59. The summed E-state index contributed by atoms with van der Waals surface area (Å²) in [4.78, 5) is 0. The average Bonchev–Trinajstić information content (AvgIpc) is 2.65. The molecule has 1 unspecified atom stereocenters. The van der Waals surface area contributed by atoms with E-state index in [0.717, 1.165) is 35.7 Å². The molecule has 0 aromatic heterocycles. The van der Waals surface area contributed by atoms with Crippen LogP contribution in [0.5, 0.6) is 17.2 Å². The van der Waals surface area contributed by atoms with Crippen LogP contribution in [-0.4, -0.2) is 27.9 Å². The third kappa shape index (κ3) is 4.01. The normalized spacial score (nSPS) is 11.9. The van der Waals surface area contributed by atoms with Crippen molar-refractivity contribution in [1.82, 2.24) is 0 Å². The van der Waals surface area contributed by atoms with Crippen LogP contribution in [0.2, 0.25) is 0 Å². The molecule has 1 atom stereocenters. The SMILES string of the molecule is CCc1cc(C(CN)Cc2cc(OC)ccc2OC)ccc1OC. The standard InChI is InChI=1S/C20H27NO3/c1-5-14-10-15(6-8-19(14)23-3)17(13-21)11-16-12-18(22-2)7-9-20(16)24-4/h6-10,12,17H,5,11,13,21H2,1-4H3. The van der Waals surface area contributed by atoms with Crippen LogP contribution in [0.4, 0.5) is 0 Å². The first kappa shape index (κ1) is 18.1. The zero-order chi connectivity index (χ0) is 17.5. The molecule has 2 aromatic carbocycles. The molecule has 2 N–H and O–H groups in total. The van der Waals surface area contributed by atoms with E-state index in [1.54, 1.807) is 21.3 Å². The van der Waals surface area contributed by atoms with Gasteiger partial charge in [-0.1, -0.05) is 19.1 Å². The molecule has 0 saturated carbocycles. The molecule has 0 saturated heterocycles. The van der Waals surface area contributed by atoms with Gasteiger partial charge in [0.2, 0.25) is 0 Å². The van der Waals surface area contributed by atoms with Crippen molar-refractivity contribution in [2.75, 3.05) is 27.9 Å². The Kier molecular flexibility index (Phi) is 6.50. The molecular weight excluding hydrogens is 302 g/mol. The number of nitrogens with two attached hydrogens (primary N) is 1. The minimum absolute atomic E-state index is 0.210. The van der Waals surface area contributed by atoms with Gasteiger partial charge in [0.25, 0.3) is 0 Å². The van der Waals surface area contributed by atoms with Crippen LogP contribution in [0.1, 0.15) is 29.5 Å². The van der Waals surface area contributed by atoms with E-state index < -0.39 is 0 Å². The van der Waals surface area contributed by atoms with Crippen molar-refractivity contribution in [2.24, 2.45) is 5.73 Å². The maximum absolute atomic E-state index is 6.07. The van der Waals surface area contributed by atoms with E-state index in [2.05, 4.69) is 19.1 Å². The van der Waals surface area contributed by atoms with Gasteiger partial charge in [-0.2, -0.15) is 0 Å². The average molecular weight is 329 g/mol. The van der Waals surface area contributed by atoms with E-state index in [0.29, 0.717) is 6.54 Å². The summed E-state index contributed by atoms with van der Waals surface area (Å²) >= 11 is 0. The Bertz CT molecular complexity index is 670. The monoisotopic (exact) mass is 329 g/mol. The minimum atomic E-state index is 0.210. The first-order valence-corrected chi connectivity index (χ1v) is 8.24. The molecule has 130 valence electrons. The summed E-state index contributed by atoms with van der Waals surface area (Å²) in [5, 5.41) is 0. The number of hydrogen-bond donors (Lipinski definition) is 1. The van der Waals surface area contributed by atoms with Gasteiger partial charge in [-0.3, -0.25) is 0 Å². The Labute approximate surface area is 144 Å². The molecule has 0 aliphatic carbocycles. The van der Waals surface area contributed by atoms with Gasteiger partial charge in [0.05, 0.1) is 21.3 Å². The molecule has 0 bridgehead atoms. The molecule has 0 fully saturated rings. The Hall–Kier alpha value is -2.20. The highest BCUT2D eigenvalue weighted by atomic mass is 16.5. The van der Waals surface area contributed by atoms with Crippen molar-refractivity contribution in [3.05, 3.63) is 53.1 Å². The third-order valence-corrected chi connectivity index (χ3v) is 4.40. The predicted molar refractivity (Wildman–Crippen MR) is 97.4 cm³/mol. The molecule has 0 amide bonds. The fourth-order valence-electron chi connectivity index (χ4n) is 2.97. The maximum atomic E-state index is 6.07. The largest absolute Gasteiger partial charge is 0.497 e. The Balaban J connectivity index is 2.33. The maximum Gasteiger partial charge on any atom is 0.122 e. The van der Waals surface area contributed by atoms with Crippen molar-refractivity contribution >= 4 is 0 Å². The fraction of sp³-hybridized carbons (Fsp3) is 0.400. The highest BCUT2D eigenvalue weighted by Crippen LogP contribution is 2.31. The Morgan fingerprint density at radius 3 is 2.12 bits per heavy atom. The lowest BCUT2D eigenvalue weighted by molar-refractivity contribution is 0.397. The van der Waals surface area contributed by atoms with Crippen molar-refractivity contribution in [2.45, 2.75) is 25.7 Å². The molecule has 0 radical (unpaired) electrons. The van der Waals surface area contributed by atoms with E-state index in [1.807, 2.05) is 24.3 Å². The second kappa shape index (κ2) is 8.60. The van der Waals surface area contributed by atoms with Crippen molar-refractivity contribution in [1.29, 1.82) is 0 Å². The molecule has 2 rings (SSSR count). The second-order valence-electron chi connectivity index (χ2n) is 5.74. The molecule has 0 aliphatic rings. The lowest BCUT2D eigenvalue weighted by Crippen LogP contribution is -2.16. The van der Waals surface area contributed by atoms with Gasteiger partial charge in [-0.25, -0.2) is 0 Å². The van der Waals surface area contributed by atoms with Crippen molar-refractivity contribution in [3.63, 3.8) is 0 Å². The lowest BCUT2D eigenvalue weighted by Gasteiger charge is -2.19. The van der Waals surface area contributed by atoms with E-state index >= 15 is 0 Å². The lowest BCUT2D eigenvalue weighted by atomic mass is 9.90. The van der Waals surface area contributed by atoms with E-state index in [1.165, 1.54) is 11.1 Å². The number of methoxy groups -OCH3 is 3. The number of aryl methyl sites for hydroxylation is 1. The third-order valence-electron chi connectivity index (χ3n) is 4.40. The fourth-order valence-corrected chi connectivity index (χ4v) is 2.97. The first-order chi connectivity index (χ1) is 11.7. The molecule has 0 spiro atoms. The number of rotatable bonds is 8. The predicted octanol–water partition coefficient (Wildman–Crippen LogP) is 3.56. The van der Waals surface area contributed by atoms with Crippen LogP contribution in [0.15, 0.2) is 36.4 Å². The molecule has 0 aliphatic heterocycles. The molecule has 4 nitrogen and oxygen atoms in total. The van der Waals surface area contributed by atoms with Gasteiger partial charge in [0.15, 0.2) is 0 Å². The zero-order valence-corrected chi connectivity index (χ0v) is 15.0. The highest BCUT2D eigenvalue weighted by Gasteiger charge is 2.16. The van der Waals surface area contributed by atoms with Gasteiger partial charge in [0.1, 0.15) is 17.2 Å². The van der Waals surface area contributed by atoms with E-state index in [9.17, 15) is 0 Å². The van der Waals surface area contributed by atoms with Gasteiger partial charge in [0, 0.05) is 5.92 Å². The summed E-state index contributed by atoms with van der Waals surface area (Å²) < 4.78 is 16.3. The quantitative estimate of drug-likeness (QED) is 0.804. The van der Waals surface area contributed by atoms with Crippen LogP contribution in [0, 0.1) is 0 Å². The van der Waals surface area contributed by atoms with Crippen LogP contribution >= 0.6 is 0 Å². The van der Waals surface area contributed by atoms with Gasteiger partial charge < -0.3 is 19.9 Å². The van der Waals surface area contributed by atoms with Crippen LogP contribution in [0.3, 0.4) is 0 Å². The summed E-state index contributed by atoms with van der Waals surface area (Å²) in [6.07, 6.45) is 1.73. The summed E-state index contributed by atoms with van der Waals surface area (Å²) in [5.74, 6) is 2.82. The molecule has 0 heterocycles. The van der Waals surface area contributed by atoms with Crippen molar-refractivity contribution in [3.8, 4) is 17.2 Å². The van der Waals surface area contributed by atoms with Gasteiger partial charge in [-0.15, -0.1) is 0 Å². The Morgan fingerprint density at radius 1 is 0.875 bits per heavy atom. The molecule has 24 heavy (non-hydrogen) atoms. The van der Waals surface area contributed by atoms with Crippen LogP contribution in [0.25, 0.3) is 0 Å². The topological polar surface area (TPSA) is 53.7 Å². The van der Waals surface area contributed by atoms with E-state index in [-0.39, 0.29) is 5.92 Å². The number of benzene rings is 2. The van der Waals surface area contributed by atoms with E-state index in [4.69, 9.17) is 19.9 Å². The molecular formula is C20H27NO3. The number of ether oxygens (including phenoxy) is 3. The number of hydrogen-bond acceptors (Lipinski definition) is 4. The summed E-state index contributed by atoms with van der Waals surface area (Å²) in [6, 6.07) is 12.2. The van der Waals surface area contributed by atoms with Gasteiger partial charge in [-0.05, 0) is 60.3 Å². The smallest absolute Gasteiger partial charge is 0.122 e. The minimum Gasteiger partial charge on any atom is -0.497 e. The first-order valence-electron chi connectivity index (χ1n) is 8.24. The zero-order valence-electron chi connectivity index (χ0n) is 15.0. The van der Waals surface area contributed by atoms with Crippen LogP contribution < -0.4 is 19.9 Å². The Morgan fingerprint density at radius 2 is 1.54 bits per heavy atom. The summed E-state index contributed by atoms with van der Waals surface area (Å²) in [7, 11) is 5.06. The van der Waals surface area contributed by atoms with Crippen molar-refractivity contribution < 1.29 is 14.2 Å². The highest BCUT2D eigenvalue weighted by molar-refractivity contribution is 5.43. The molecule has 4 heteroatoms. The second-order valence-corrected chi connectivity index (χ2v) is 5.74. The van der Waals surface area contributed by atoms with Crippen LogP contribution in [-0.2, 0) is 12.8 Å². The van der Waals surface area contributed by atoms with Gasteiger partial charge >= 0.3 is 0 Å².